The van der Waals surface area contributed by atoms with Crippen LogP contribution in [0.4, 0.5) is 0 Å². The summed E-state index contributed by atoms with van der Waals surface area (Å²) in [6.45, 7) is 43.3. The Labute approximate surface area is 407 Å². The zero-order valence-corrected chi connectivity index (χ0v) is 44.5. The van der Waals surface area contributed by atoms with E-state index in [4.69, 9.17) is 0 Å². The van der Waals surface area contributed by atoms with Gasteiger partial charge in [0.25, 0.3) is 0 Å². The van der Waals surface area contributed by atoms with Crippen LogP contribution < -0.4 is 0 Å². The van der Waals surface area contributed by atoms with Crippen molar-refractivity contribution in [3.8, 4) is 33.4 Å². The average Bonchev–Trinajstić information content (AvgIpc) is 3.25. The lowest BCUT2D eigenvalue weighted by molar-refractivity contribution is 0.558. The molecule has 7 rings (SSSR count). The third-order valence-electron chi connectivity index (χ3n) is 14.0. The van der Waals surface area contributed by atoms with Crippen molar-refractivity contribution in [3.63, 3.8) is 0 Å². The van der Waals surface area contributed by atoms with Gasteiger partial charge in [0.2, 0.25) is 0 Å². The average molecular weight is 885 g/mol. The Bertz CT molecular complexity index is 2440. The molecule has 7 aromatic carbocycles. The predicted molar refractivity (Wildman–Crippen MR) is 293 cm³/mol. The summed E-state index contributed by atoms with van der Waals surface area (Å²) in [5.41, 5.74) is 19.3. The molecule has 0 nitrogen and oxygen atoms in total. The van der Waals surface area contributed by atoms with Gasteiger partial charge < -0.3 is 0 Å². The molecule has 0 atom stereocenters. The van der Waals surface area contributed by atoms with E-state index in [2.05, 4.69) is 282 Å². The van der Waals surface area contributed by atoms with Crippen LogP contribution in [0.25, 0.3) is 33.4 Å². The minimum Gasteiger partial charge on any atom is -0.0622 e. The van der Waals surface area contributed by atoms with Gasteiger partial charge in [-0.15, -0.1) is 0 Å². The van der Waals surface area contributed by atoms with Gasteiger partial charge in [-0.1, -0.05) is 282 Å². The number of hydrogen-bond acceptors (Lipinski definition) is 0. The molecule has 0 bridgehead atoms. The lowest BCUT2D eigenvalue weighted by Crippen LogP contribution is -2.35. The van der Waals surface area contributed by atoms with Crippen LogP contribution in [0.2, 0.25) is 0 Å². The molecule has 7 aromatic rings. The Kier molecular flexibility index (Phi) is 13.0. The van der Waals surface area contributed by atoms with Gasteiger partial charge in [0.1, 0.15) is 0 Å². The van der Waals surface area contributed by atoms with Crippen molar-refractivity contribution in [2.45, 2.75) is 163 Å². The molecule has 0 aliphatic carbocycles. The molecule has 0 radical (unpaired) electrons. The molecule has 0 heterocycles. The Hall–Kier alpha value is -5.46. The van der Waals surface area contributed by atoms with Gasteiger partial charge in [0.05, 0.1) is 5.41 Å². The summed E-state index contributed by atoms with van der Waals surface area (Å²) < 4.78 is 0. The van der Waals surface area contributed by atoms with E-state index in [1.54, 1.807) is 0 Å². The lowest BCUT2D eigenvalue weighted by atomic mass is 9.59. The van der Waals surface area contributed by atoms with Crippen LogP contribution in [-0.2, 0) is 37.9 Å². The summed E-state index contributed by atoms with van der Waals surface area (Å²) >= 11 is 0. The fourth-order valence-electron chi connectivity index (χ4n) is 10.6. The Morgan fingerprint density at radius 3 is 0.567 bits per heavy atom. The SMILES string of the molecule is CC(C)(C)c1cc(C(c2ccccc2)(c2cc(C(C)(C)C)c(-c3ccccc3)c(C(C)(C)C)c2)c2cc(C(C)(C)C)c(-c3ccccc3)c(C(C)(C)C)c2)cc(C(C)(C)C)c1-c1ccccc1. The van der Waals surface area contributed by atoms with E-state index in [0.717, 1.165) is 0 Å². The van der Waals surface area contributed by atoms with E-state index in [1.165, 1.54) is 89.0 Å². The first-order chi connectivity index (χ1) is 31.1. The lowest BCUT2D eigenvalue weighted by Gasteiger charge is -2.43. The summed E-state index contributed by atoms with van der Waals surface area (Å²) in [7, 11) is 0. The molecule has 0 fully saturated rings. The Morgan fingerprint density at radius 1 is 0.209 bits per heavy atom. The molecule has 0 unspecified atom stereocenters. The predicted octanol–water partition coefficient (Wildman–Crippen LogP) is 18.9. The van der Waals surface area contributed by atoms with Crippen molar-refractivity contribution >= 4 is 0 Å². The van der Waals surface area contributed by atoms with Crippen molar-refractivity contribution in [2.75, 3.05) is 0 Å². The minimum atomic E-state index is -0.763. The third-order valence-corrected chi connectivity index (χ3v) is 14.0. The van der Waals surface area contributed by atoms with E-state index in [-0.39, 0.29) is 32.5 Å². The van der Waals surface area contributed by atoms with Crippen LogP contribution in [0.15, 0.2) is 158 Å². The maximum absolute atomic E-state index is 2.63. The molecule has 0 heteroatoms. The van der Waals surface area contributed by atoms with Crippen LogP contribution in [-0.4, -0.2) is 0 Å². The van der Waals surface area contributed by atoms with E-state index in [0.29, 0.717) is 0 Å². The summed E-state index contributed by atoms with van der Waals surface area (Å²) in [6.07, 6.45) is 0. The van der Waals surface area contributed by atoms with Crippen LogP contribution >= 0.6 is 0 Å². The van der Waals surface area contributed by atoms with E-state index in [1.807, 2.05) is 0 Å². The number of rotatable bonds is 7. The molecule has 67 heavy (non-hydrogen) atoms. The van der Waals surface area contributed by atoms with Crippen molar-refractivity contribution in [3.05, 3.63) is 213 Å². The van der Waals surface area contributed by atoms with E-state index in [9.17, 15) is 0 Å². The second-order valence-electron chi connectivity index (χ2n) is 25.6. The van der Waals surface area contributed by atoms with Gasteiger partial charge in [-0.2, -0.15) is 0 Å². The largest absolute Gasteiger partial charge is 0.0702 e. The summed E-state index contributed by atoms with van der Waals surface area (Å²) in [5.74, 6) is 0. The Morgan fingerprint density at radius 2 is 0.388 bits per heavy atom. The molecule has 0 aliphatic heterocycles. The van der Waals surface area contributed by atoms with E-state index < -0.39 is 5.41 Å². The topological polar surface area (TPSA) is 0 Å². The first kappa shape index (κ1) is 49.4. The molecule has 0 aromatic heterocycles. The molecule has 348 valence electrons. The van der Waals surface area contributed by atoms with E-state index >= 15 is 0 Å². The monoisotopic (exact) mass is 885 g/mol. The second kappa shape index (κ2) is 17.6. The van der Waals surface area contributed by atoms with Crippen molar-refractivity contribution in [1.29, 1.82) is 0 Å². The van der Waals surface area contributed by atoms with Gasteiger partial charge in [-0.05, 0) is 122 Å². The van der Waals surface area contributed by atoms with Crippen LogP contribution in [0.5, 0.6) is 0 Å². The number of hydrogen-bond donors (Lipinski definition) is 0. The highest BCUT2D eigenvalue weighted by atomic mass is 14.5. The standard InChI is InChI=1S/C67H80/c1-61(2,3)52-39-49(40-53(62(4,5)6)58(52)45-31-23-19-24-32-45)67(48-37-29-22-30-38-48,50-41-54(63(7,8)9)59(46-33-25-20-26-34-46)55(42-50)64(10,11)12)51-43-56(65(13,14)15)60(47-35-27-21-28-36-47)57(44-51)66(16,17)18/h19-44H,1-18H3. The first-order valence-corrected chi connectivity index (χ1v) is 24.9. The van der Waals surface area contributed by atoms with Crippen molar-refractivity contribution in [1.82, 2.24) is 0 Å². The fraction of sp³-hybridized carbons (Fsp3) is 0.373. The molecular weight excluding hydrogens is 805 g/mol. The van der Waals surface area contributed by atoms with Crippen molar-refractivity contribution in [2.24, 2.45) is 0 Å². The van der Waals surface area contributed by atoms with Crippen LogP contribution in [0, 0.1) is 0 Å². The highest BCUT2D eigenvalue weighted by Crippen LogP contribution is 2.55. The van der Waals surface area contributed by atoms with Crippen molar-refractivity contribution < 1.29 is 0 Å². The molecule has 0 aliphatic rings. The third kappa shape index (κ3) is 9.66. The normalized spacial score (nSPS) is 13.2. The zero-order chi connectivity index (χ0) is 49.1. The van der Waals surface area contributed by atoms with Crippen LogP contribution in [0.3, 0.4) is 0 Å². The molecule has 0 saturated carbocycles. The van der Waals surface area contributed by atoms with Gasteiger partial charge in [0.15, 0.2) is 0 Å². The van der Waals surface area contributed by atoms with Crippen LogP contribution in [0.1, 0.15) is 180 Å². The maximum atomic E-state index is 2.63. The second-order valence-corrected chi connectivity index (χ2v) is 25.6. The zero-order valence-electron chi connectivity index (χ0n) is 44.5. The fourth-order valence-corrected chi connectivity index (χ4v) is 10.6. The van der Waals surface area contributed by atoms with Gasteiger partial charge >= 0.3 is 0 Å². The quantitative estimate of drug-likeness (QED) is 0.140. The minimum absolute atomic E-state index is 0.182. The highest BCUT2D eigenvalue weighted by molar-refractivity contribution is 5.81. The highest BCUT2D eigenvalue weighted by Gasteiger charge is 2.45. The maximum Gasteiger partial charge on any atom is 0.0702 e. The summed E-state index contributed by atoms with van der Waals surface area (Å²) in [5, 5.41) is 0. The molecule has 0 spiro atoms. The molecule has 0 amide bonds. The molecular formula is C67H80. The van der Waals surface area contributed by atoms with Gasteiger partial charge in [-0.3, -0.25) is 0 Å². The smallest absolute Gasteiger partial charge is 0.0622 e. The van der Waals surface area contributed by atoms with Gasteiger partial charge in [-0.25, -0.2) is 0 Å². The summed E-state index contributed by atoms with van der Waals surface area (Å²) in [4.78, 5) is 0. The molecule has 0 N–H and O–H groups in total. The first-order valence-electron chi connectivity index (χ1n) is 24.9. The van der Waals surface area contributed by atoms with Gasteiger partial charge in [0, 0.05) is 0 Å². The number of benzene rings is 7. The Balaban J connectivity index is 1.86. The summed E-state index contributed by atoms with van der Waals surface area (Å²) in [6, 6.07) is 60.8. The molecule has 0 saturated heterocycles.